The van der Waals surface area contributed by atoms with Crippen LogP contribution >= 0.6 is 0 Å². The molecule has 0 aliphatic rings. The van der Waals surface area contributed by atoms with E-state index in [0.29, 0.717) is 12.5 Å². The number of carbonyl (C=O) groups is 3. The monoisotopic (exact) mass is 228 g/mol. The van der Waals surface area contributed by atoms with Crippen LogP contribution in [0.4, 0.5) is 0 Å². The van der Waals surface area contributed by atoms with Gasteiger partial charge in [0.2, 0.25) is 0 Å². The summed E-state index contributed by atoms with van der Waals surface area (Å²) < 4.78 is 0. The maximum atomic E-state index is 11.5. The standard InChI is InChI=1S/C10H16N2O4/c1-2-3-4-5-8(13)7(6-9(14)15)10(16)12-11/h6H,2-5,11H2,1H3,(H,12,16)(H,14,15)/b7-6-. The van der Waals surface area contributed by atoms with Crippen LogP contribution in [0, 0.1) is 0 Å². The molecule has 6 heteroatoms. The summed E-state index contributed by atoms with van der Waals surface area (Å²) in [6, 6.07) is 0. The summed E-state index contributed by atoms with van der Waals surface area (Å²) in [6.07, 6.45) is 3.16. The number of carboxylic acid groups (broad SMARTS) is 1. The summed E-state index contributed by atoms with van der Waals surface area (Å²) in [4.78, 5) is 33.1. The molecule has 0 aromatic carbocycles. The molecule has 90 valence electrons. The van der Waals surface area contributed by atoms with Crippen LogP contribution in [-0.2, 0) is 14.4 Å². The normalized spacial score (nSPS) is 11.0. The number of Topliss-reactive ketones (excluding diaryl/α,β-unsaturated/α-hetero) is 1. The first kappa shape index (κ1) is 14.3. The molecule has 0 saturated carbocycles. The van der Waals surface area contributed by atoms with E-state index in [1.54, 1.807) is 5.43 Å². The summed E-state index contributed by atoms with van der Waals surface area (Å²) in [5.41, 5.74) is 1.34. The van der Waals surface area contributed by atoms with E-state index in [1.807, 2.05) is 6.92 Å². The minimum Gasteiger partial charge on any atom is -0.478 e. The van der Waals surface area contributed by atoms with Crippen molar-refractivity contribution < 1.29 is 19.5 Å². The van der Waals surface area contributed by atoms with Crippen LogP contribution < -0.4 is 11.3 Å². The van der Waals surface area contributed by atoms with Crippen LogP contribution in [0.2, 0.25) is 0 Å². The summed E-state index contributed by atoms with van der Waals surface area (Å²) in [5, 5.41) is 8.50. The number of carbonyl (C=O) groups excluding carboxylic acids is 2. The third kappa shape index (κ3) is 5.26. The van der Waals surface area contributed by atoms with E-state index in [0.717, 1.165) is 12.8 Å². The van der Waals surface area contributed by atoms with Crippen LogP contribution in [0.25, 0.3) is 0 Å². The molecule has 0 aromatic rings. The zero-order valence-electron chi connectivity index (χ0n) is 9.16. The van der Waals surface area contributed by atoms with E-state index in [1.165, 1.54) is 0 Å². The number of ketones is 1. The Bertz CT molecular complexity index is 310. The molecular formula is C10H16N2O4. The lowest BCUT2D eigenvalue weighted by Gasteiger charge is -2.03. The van der Waals surface area contributed by atoms with Gasteiger partial charge in [-0.05, 0) is 6.42 Å². The number of rotatable bonds is 7. The molecule has 0 radical (unpaired) electrons. The number of hydrogen-bond donors (Lipinski definition) is 3. The van der Waals surface area contributed by atoms with E-state index in [4.69, 9.17) is 10.9 Å². The first-order valence-electron chi connectivity index (χ1n) is 5.01. The SMILES string of the molecule is CCCCCC(=O)/C(=C/C(=O)O)C(=O)NN. The van der Waals surface area contributed by atoms with Crippen LogP contribution in [0.3, 0.4) is 0 Å². The predicted molar refractivity (Wildman–Crippen MR) is 57.2 cm³/mol. The Morgan fingerprint density at radius 3 is 2.38 bits per heavy atom. The number of nitrogens with two attached hydrogens (primary N) is 1. The molecule has 0 saturated heterocycles. The number of nitrogens with one attached hydrogen (secondary N) is 1. The fraction of sp³-hybridized carbons (Fsp3) is 0.500. The van der Waals surface area contributed by atoms with Crippen LogP contribution in [0.15, 0.2) is 11.6 Å². The second kappa shape index (κ2) is 7.58. The topological polar surface area (TPSA) is 109 Å². The number of carboxylic acids is 1. The molecule has 0 aliphatic heterocycles. The highest BCUT2D eigenvalue weighted by atomic mass is 16.4. The Morgan fingerprint density at radius 1 is 1.31 bits per heavy atom. The molecule has 0 rings (SSSR count). The average molecular weight is 228 g/mol. The summed E-state index contributed by atoms with van der Waals surface area (Å²) in [5.74, 6) is 2.14. The van der Waals surface area contributed by atoms with Gasteiger partial charge in [0, 0.05) is 12.5 Å². The molecule has 0 bridgehead atoms. The van der Waals surface area contributed by atoms with Crippen molar-refractivity contribution >= 4 is 17.7 Å². The molecule has 0 unspecified atom stereocenters. The Balaban J connectivity index is 4.58. The van der Waals surface area contributed by atoms with Gasteiger partial charge >= 0.3 is 5.97 Å². The summed E-state index contributed by atoms with van der Waals surface area (Å²) >= 11 is 0. The van der Waals surface area contributed by atoms with Gasteiger partial charge in [-0.1, -0.05) is 19.8 Å². The number of hydrazine groups is 1. The van der Waals surface area contributed by atoms with Crippen molar-refractivity contribution in [2.45, 2.75) is 32.6 Å². The van der Waals surface area contributed by atoms with Crippen LogP contribution in [0.5, 0.6) is 0 Å². The average Bonchev–Trinajstić information content (AvgIpc) is 2.24. The van der Waals surface area contributed by atoms with Gasteiger partial charge in [-0.2, -0.15) is 0 Å². The van der Waals surface area contributed by atoms with Crippen LogP contribution in [0.1, 0.15) is 32.6 Å². The lowest BCUT2D eigenvalue weighted by Crippen LogP contribution is -2.34. The maximum absolute atomic E-state index is 11.5. The predicted octanol–water partition coefficient (Wildman–Crippen LogP) is 0.137. The van der Waals surface area contributed by atoms with Crippen molar-refractivity contribution in [3.8, 4) is 0 Å². The van der Waals surface area contributed by atoms with E-state index in [-0.39, 0.29) is 6.42 Å². The van der Waals surface area contributed by atoms with Crippen molar-refractivity contribution in [2.24, 2.45) is 5.84 Å². The quantitative estimate of drug-likeness (QED) is 0.109. The molecule has 6 nitrogen and oxygen atoms in total. The van der Waals surface area contributed by atoms with E-state index in [9.17, 15) is 14.4 Å². The van der Waals surface area contributed by atoms with E-state index < -0.39 is 23.2 Å². The number of amides is 1. The lowest BCUT2D eigenvalue weighted by atomic mass is 10.0. The largest absolute Gasteiger partial charge is 0.478 e. The smallest absolute Gasteiger partial charge is 0.329 e. The van der Waals surface area contributed by atoms with Gasteiger partial charge in [0.15, 0.2) is 5.78 Å². The molecule has 4 N–H and O–H groups in total. The molecular weight excluding hydrogens is 212 g/mol. The number of hydrogen-bond acceptors (Lipinski definition) is 4. The highest BCUT2D eigenvalue weighted by Crippen LogP contribution is 2.06. The number of unbranched alkanes of at least 4 members (excludes halogenated alkanes) is 2. The Kier molecular flexibility index (Phi) is 6.78. The van der Waals surface area contributed by atoms with Gasteiger partial charge in [-0.15, -0.1) is 0 Å². The summed E-state index contributed by atoms with van der Waals surface area (Å²) in [6.45, 7) is 1.98. The van der Waals surface area contributed by atoms with Crippen molar-refractivity contribution in [1.29, 1.82) is 0 Å². The zero-order valence-corrected chi connectivity index (χ0v) is 9.16. The summed E-state index contributed by atoms with van der Waals surface area (Å²) in [7, 11) is 0. The van der Waals surface area contributed by atoms with Gasteiger partial charge < -0.3 is 5.11 Å². The van der Waals surface area contributed by atoms with E-state index in [2.05, 4.69) is 0 Å². The Labute approximate surface area is 93.5 Å². The molecule has 0 heterocycles. The molecule has 1 amide bonds. The first-order chi connectivity index (χ1) is 7.52. The third-order valence-electron chi connectivity index (χ3n) is 1.95. The van der Waals surface area contributed by atoms with Crippen molar-refractivity contribution in [2.75, 3.05) is 0 Å². The lowest BCUT2D eigenvalue weighted by molar-refractivity contribution is -0.132. The molecule has 0 atom stereocenters. The van der Waals surface area contributed by atoms with Gasteiger partial charge in [0.1, 0.15) is 0 Å². The molecule has 16 heavy (non-hydrogen) atoms. The second-order valence-corrected chi connectivity index (χ2v) is 3.25. The van der Waals surface area contributed by atoms with E-state index >= 15 is 0 Å². The highest BCUT2D eigenvalue weighted by molar-refractivity contribution is 6.21. The highest BCUT2D eigenvalue weighted by Gasteiger charge is 2.18. The molecule has 0 aliphatic carbocycles. The first-order valence-corrected chi connectivity index (χ1v) is 5.01. The fourth-order valence-electron chi connectivity index (χ4n) is 1.14. The Morgan fingerprint density at radius 2 is 1.94 bits per heavy atom. The molecule has 0 fully saturated rings. The number of aliphatic carboxylic acids is 1. The zero-order chi connectivity index (χ0) is 12.6. The minimum atomic E-state index is -1.34. The molecule has 0 aromatic heterocycles. The van der Waals surface area contributed by atoms with Crippen molar-refractivity contribution in [3.05, 3.63) is 11.6 Å². The fourth-order valence-corrected chi connectivity index (χ4v) is 1.14. The van der Waals surface area contributed by atoms with Gasteiger partial charge in [-0.3, -0.25) is 15.0 Å². The van der Waals surface area contributed by atoms with Gasteiger partial charge in [0.25, 0.3) is 5.91 Å². The molecule has 0 spiro atoms. The van der Waals surface area contributed by atoms with Gasteiger partial charge in [0.05, 0.1) is 5.57 Å². The second-order valence-electron chi connectivity index (χ2n) is 3.25. The Hall–Kier alpha value is -1.69. The van der Waals surface area contributed by atoms with Crippen molar-refractivity contribution in [3.63, 3.8) is 0 Å². The minimum absolute atomic E-state index is 0.153. The van der Waals surface area contributed by atoms with Gasteiger partial charge in [-0.25, -0.2) is 10.6 Å². The van der Waals surface area contributed by atoms with Crippen molar-refractivity contribution in [1.82, 2.24) is 5.43 Å². The van der Waals surface area contributed by atoms with Crippen LogP contribution in [-0.4, -0.2) is 22.8 Å². The third-order valence-corrected chi connectivity index (χ3v) is 1.95. The maximum Gasteiger partial charge on any atom is 0.329 e.